The van der Waals surface area contributed by atoms with Crippen LogP contribution < -0.4 is 5.32 Å². The van der Waals surface area contributed by atoms with Gasteiger partial charge in [0, 0.05) is 6.04 Å². The van der Waals surface area contributed by atoms with Crippen molar-refractivity contribution in [3.8, 4) is 0 Å². The van der Waals surface area contributed by atoms with E-state index in [4.69, 9.17) is 0 Å². The Morgan fingerprint density at radius 3 is 2.54 bits per heavy atom. The van der Waals surface area contributed by atoms with Crippen LogP contribution >= 0.6 is 0 Å². The Balaban J connectivity index is 1.80. The molecule has 0 unspecified atom stereocenters. The molecule has 76 valence electrons. The van der Waals surface area contributed by atoms with Gasteiger partial charge in [-0.2, -0.15) is 0 Å². The van der Waals surface area contributed by atoms with Crippen LogP contribution in [0.2, 0.25) is 0 Å². The Labute approximate surface area is 82.6 Å². The molecule has 0 aromatic rings. The van der Waals surface area contributed by atoms with E-state index in [1.807, 2.05) is 0 Å². The summed E-state index contributed by atoms with van der Waals surface area (Å²) in [6, 6.07) is 0.865. The zero-order valence-corrected chi connectivity index (χ0v) is 9.05. The number of allylic oxidation sites excluding steroid dienone is 1. The van der Waals surface area contributed by atoms with Crippen molar-refractivity contribution in [2.45, 2.75) is 52.0 Å². The van der Waals surface area contributed by atoms with E-state index < -0.39 is 0 Å². The van der Waals surface area contributed by atoms with Crippen LogP contribution in [0.25, 0.3) is 0 Å². The second-order valence-electron chi connectivity index (χ2n) is 4.46. The van der Waals surface area contributed by atoms with Crippen molar-refractivity contribution in [3.05, 3.63) is 12.2 Å². The van der Waals surface area contributed by atoms with Crippen LogP contribution in [0.3, 0.4) is 0 Å². The molecule has 1 N–H and O–H groups in total. The lowest BCUT2D eigenvalue weighted by molar-refractivity contribution is 0.593. The Bertz CT molecular complexity index is 145. The van der Waals surface area contributed by atoms with E-state index in [1.54, 1.807) is 0 Å². The lowest BCUT2D eigenvalue weighted by Gasteiger charge is -1.99. The summed E-state index contributed by atoms with van der Waals surface area (Å²) in [5.74, 6) is 0.842. The van der Waals surface area contributed by atoms with Crippen LogP contribution in [0.15, 0.2) is 12.2 Å². The third kappa shape index (κ3) is 6.83. The van der Waals surface area contributed by atoms with Crippen molar-refractivity contribution in [2.24, 2.45) is 5.92 Å². The number of nitrogens with one attached hydrogen (secondary N) is 1. The van der Waals surface area contributed by atoms with Crippen LogP contribution in [-0.2, 0) is 0 Å². The van der Waals surface area contributed by atoms with Gasteiger partial charge in [-0.3, -0.25) is 0 Å². The minimum absolute atomic E-state index is 0.842. The van der Waals surface area contributed by atoms with E-state index in [1.165, 1.54) is 38.6 Å². The van der Waals surface area contributed by atoms with E-state index in [9.17, 15) is 0 Å². The molecule has 1 aliphatic carbocycles. The average Bonchev–Trinajstić information content (AvgIpc) is 2.86. The molecule has 1 fully saturated rings. The Morgan fingerprint density at radius 1 is 1.23 bits per heavy atom. The standard InChI is InChI=1S/C12H23N/c1-11(2)7-5-3-4-6-10-13-12-8-9-12/h3-4,11-13H,5-10H2,1-2H3. The minimum Gasteiger partial charge on any atom is -0.314 e. The van der Waals surface area contributed by atoms with Crippen LogP contribution in [0.5, 0.6) is 0 Å². The van der Waals surface area contributed by atoms with Crippen molar-refractivity contribution >= 4 is 0 Å². The fourth-order valence-corrected chi connectivity index (χ4v) is 1.32. The molecule has 0 amide bonds. The minimum atomic E-state index is 0.842. The molecule has 0 saturated heterocycles. The molecule has 0 bridgehead atoms. The molecule has 0 spiro atoms. The highest BCUT2D eigenvalue weighted by Gasteiger charge is 2.19. The first-order chi connectivity index (χ1) is 6.29. The SMILES string of the molecule is CC(C)CCC=CCCNC1CC1. The quantitative estimate of drug-likeness (QED) is 0.470. The van der Waals surface area contributed by atoms with Gasteiger partial charge < -0.3 is 5.32 Å². The smallest absolute Gasteiger partial charge is 0.00683 e. The molecular formula is C12H23N. The summed E-state index contributed by atoms with van der Waals surface area (Å²) in [5.41, 5.74) is 0. The molecule has 0 heterocycles. The summed E-state index contributed by atoms with van der Waals surface area (Å²) in [4.78, 5) is 0. The van der Waals surface area contributed by atoms with Crippen molar-refractivity contribution in [3.63, 3.8) is 0 Å². The second-order valence-corrected chi connectivity index (χ2v) is 4.46. The fourth-order valence-electron chi connectivity index (χ4n) is 1.32. The summed E-state index contributed by atoms with van der Waals surface area (Å²) < 4.78 is 0. The van der Waals surface area contributed by atoms with Gasteiger partial charge in [-0.05, 0) is 44.6 Å². The number of rotatable bonds is 7. The van der Waals surface area contributed by atoms with Gasteiger partial charge in [-0.15, -0.1) is 0 Å². The van der Waals surface area contributed by atoms with Crippen LogP contribution in [0.4, 0.5) is 0 Å². The van der Waals surface area contributed by atoms with E-state index in [0.717, 1.165) is 12.0 Å². The summed E-state index contributed by atoms with van der Waals surface area (Å²) >= 11 is 0. The van der Waals surface area contributed by atoms with Crippen LogP contribution in [0.1, 0.15) is 46.0 Å². The van der Waals surface area contributed by atoms with E-state index in [2.05, 4.69) is 31.3 Å². The maximum Gasteiger partial charge on any atom is 0.00683 e. The summed E-state index contributed by atoms with van der Waals surface area (Å²) in [5, 5.41) is 3.51. The third-order valence-electron chi connectivity index (χ3n) is 2.40. The normalized spacial score (nSPS) is 17.5. The van der Waals surface area contributed by atoms with Gasteiger partial charge in [-0.1, -0.05) is 26.0 Å². The van der Waals surface area contributed by atoms with Gasteiger partial charge in [0.15, 0.2) is 0 Å². The summed E-state index contributed by atoms with van der Waals surface area (Å²) in [6.45, 7) is 5.73. The molecule has 0 radical (unpaired) electrons. The fraction of sp³-hybridized carbons (Fsp3) is 0.833. The monoisotopic (exact) mass is 181 g/mol. The van der Waals surface area contributed by atoms with Crippen LogP contribution in [-0.4, -0.2) is 12.6 Å². The zero-order valence-electron chi connectivity index (χ0n) is 9.05. The lowest BCUT2D eigenvalue weighted by atomic mass is 10.1. The first-order valence-corrected chi connectivity index (χ1v) is 5.67. The topological polar surface area (TPSA) is 12.0 Å². The van der Waals surface area contributed by atoms with Crippen molar-refractivity contribution in [1.82, 2.24) is 5.32 Å². The van der Waals surface area contributed by atoms with Gasteiger partial charge in [0.05, 0.1) is 0 Å². The van der Waals surface area contributed by atoms with Gasteiger partial charge >= 0.3 is 0 Å². The molecule has 0 aliphatic heterocycles. The molecular weight excluding hydrogens is 158 g/mol. The highest BCUT2D eigenvalue weighted by molar-refractivity contribution is 4.85. The molecule has 1 heteroatoms. The van der Waals surface area contributed by atoms with Gasteiger partial charge in [0.2, 0.25) is 0 Å². The Morgan fingerprint density at radius 2 is 1.92 bits per heavy atom. The second kappa shape index (κ2) is 6.20. The lowest BCUT2D eigenvalue weighted by Crippen LogP contribution is -2.16. The van der Waals surface area contributed by atoms with Crippen molar-refractivity contribution < 1.29 is 0 Å². The molecule has 1 nitrogen and oxygen atoms in total. The molecule has 1 aliphatic rings. The molecule has 0 atom stereocenters. The average molecular weight is 181 g/mol. The molecule has 1 rings (SSSR count). The molecule has 0 aromatic carbocycles. The number of hydrogen-bond donors (Lipinski definition) is 1. The zero-order chi connectivity index (χ0) is 9.52. The molecule has 13 heavy (non-hydrogen) atoms. The van der Waals surface area contributed by atoms with Gasteiger partial charge in [-0.25, -0.2) is 0 Å². The Kier molecular flexibility index (Phi) is 5.14. The predicted molar refractivity (Wildman–Crippen MR) is 58.9 cm³/mol. The van der Waals surface area contributed by atoms with Gasteiger partial charge in [0.1, 0.15) is 0 Å². The van der Waals surface area contributed by atoms with Crippen molar-refractivity contribution in [2.75, 3.05) is 6.54 Å². The Hall–Kier alpha value is -0.300. The first-order valence-electron chi connectivity index (χ1n) is 5.67. The number of hydrogen-bond acceptors (Lipinski definition) is 1. The van der Waals surface area contributed by atoms with E-state index in [0.29, 0.717) is 0 Å². The summed E-state index contributed by atoms with van der Waals surface area (Å²) in [6.07, 6.45) is 11.2. The maximum atomic E-state index is 3.51. The van der Waals surface area contributed by atoms with Gasteiger partial charge in [0.25, 0.3) is 0 Å². The molecule has 0 aromatic heterocycles. The highest BCUT2D eigenvalue weighted by Crippen LogP contribution is 2.18. The molecule has 1 saturated carbocycles. The van der Waals surface area contributed by atoms with Crippen molar-refractivity contribution in [1.29, 1.82) is 0 Å². The van der Waals surface area contributed by atoms with E-state index >= 15 is 0 Å². The predicted octanol–water partition coefficient (Wildman–Crippen LogP) is 3.12. The third-order valence-corrected chi connectivity index (χ3v) is 2.40. The maximum absolute atomic E-state index is 3.51. The summed E-state index contributed by atoms with van der Waals surface area (Å²) in [7, 11) is 0. The largest absolute Gasteiger partial charge is 0.314 e. The van der Waals surface area contributed by atoms with E-state index in [-0.39, 0.29) is 0 Å². The highest BCUT2D eigenvalue weighted by atomic mass is 14.9. The van der Waals surface area contributed by atoms with Crippen LogP contribution in [0, 0.1) is 5.92 Å². The first kappa shape index (κ1) is 10.8.